The van der Waals surface area contributed by atoms with E-state index in [1.165, 1.54) is 18.3 Å². The Hall–Kier alpha value is -3.45. The molecule has 0 aliphatic carbocycles. The van der Waals surface area contributed by atoms with Crippen molar-refractivity contribution in [2.45, 2.75) is 6.61 Å². The summed E-state index contributed by atoms with van der Waals surface area (Å²) in [7, 11) is 0. The normalized spacial score (nSPS) is 10.3. The van der Waals surface area contributed by atoms with Gasteiger partial charge in [-0.3, -0.25) is 10.1 Å². The molecule has 2 aromatic carbocycles. The molecule has 1 heterocycles. The van der Waals surface area contributed by atoms with Crippen molar-refractivity contribution in [1.82, 2.24) is 4.98 Å². The van der Waals surface area contributed by atoms with Crippen molar-refractivity contribution < 1.29 is 19.2 Å². The van der Waals surface area contributed by atoms with E-state index in [0.29, 0.717) is 16.5 Å². The van der Waals surface area contributed by atoms with Gasteiger partial charge < -0.3 is 9.47 Å². The van der Waals surface area contributed by atoms with Gasteiger partial charge in [0, 0.05) is 23.9 Å². The Morgan fingerprint density at radius 2 is 1.89 bits per heavy atom. The first-order valence-corrected chi connectivity index (χ1v) is 8.19. The summed E-state index contributed by atoms with van der Waals surface area (Å²) in [6.07, 6.45) is 1.48. The van der Waals surface area contributed by atoms with Gasteiger partial charge in [-0.25, -0.2) is 9.78 Å². The summed E-state index contributed by atoms with van der Waals surface area (Å²) in [5.41, 5.74) is 0.342. The van der Waals surface area contributed by atoms with Crippen LogP contribution in [0, 0.1) is 10.1 Å². The molecule has 0 saturated carbocycles. The number of non-ortho nitro benzene ring substituents is 1. The van der Waals surface area contributed by atoms with Crippen LogP contribution in [-0.4, -0.2) is 15.9 Å². The highest BCUT2D eigenvalue weighted by Crippen LogP contribution is 2.29. The molecule has 0 aliphatic heterocycles. The summed E-state index contributed by atoms with van der Waals surface area (Å²) in [5, 5.41) is 11.4. The molecular weight excluding hydrogens is 372 g/mol. The molecule has 0 radical (unpaired) electrons. The maximum absolute atomic E-state index is 12.5. The van der Waals surface area contributed by atoms with Crippen molar-refractivity contribution in [2.24, 2.45) is 0 Å². The Labute approximate surface area is 159 Å². The third-order valence-electron chi connectivity index (χ3n) is 3.52. The number of esters is 1. The molecule has 0 amide bonds. The fourth-order valence-corrected chi connectivity index (χ4v) is 2.33. The molecule has 136 valence electrons. The van der Waals surface area contributed by atoms with Crippen LogP contribution in [0.5, 0.6) is 11.5 Å². The Balaban J connectivity index is 1.83. The summed E-state index contributed by atoms with van der Waals surface area (Å²) in [6, 6.07) is 15.8. The van der Waals surface area contributed by atoms with E-state index in [1.54, 1.807) is 36.4 Å². The van der Waals surface area contributed by atoms with E-state index in [2.05, 4.69) is 4.98 Å². The minimum atomic E-state index is -0.750. The molecule has 0 N–H and O–H groups in total. The van der Waals surface area contributed by atoms with Gasteiger partial charge in [0.2, 0.25) is 0 Å². The average Bonchev–Trinajstić information content (AvgIpc) is 2.68. The molecule has 8 heteroatoms. The summed E-state index contributed by atoms with van der Waals surface area (Å²) in [6.45, 7) is -0.0591. The smallest absolute Gasteiger partial charge is 0.342 e. The molecule has 0 atom stereocenters. The van der Waals surface area contributed by atoms with Crippen molar-refractivity contribution in [1.29, 1.82) is 0 Å². The number of nitro benzene ring substituents is 1. The van der Waals surface area contributed by atoms with E-state index >= 15 is 0 Å². The molecule has 0 spiro atoms. The summed E-state index contributed by atoms with van der Waals surface area (Å²) < 4.78 is 10.9. The molecule has 1 aromatic heterocycles. The van der Waals surface area contributed by atoms with Crippen LogP contribution in [0.25, 0.3) is 0 Å². The Morgan fingerprint density at radius 1 is 1.11 bits per heavy atom. The van der Waals surface area contributed by atoms with Crippen molar-refractivity contribution in [3.8, 4) is 11.5 Å². The summed E-state index contributed by atoms with van der Waals surface area (Å²) >= 11 is 5.72. The number of ether oxygens (including phenoxy) is 2. The molecule has 0 fully saturated rings. The number of nitro groups is 1. The van der Waals surface area contributed by atoms with E-state index < -0.39 is 10.9 Å². The number of carbonyl (C=O) groups is 1. The molecule has 3 aromatic rings. The van der Waals surface area contributed by atoms with Gasteiger partial charge >= 0.3 is 5.97 Å². The van der Waals surface area contributed by atoms with Crippen LogP contribution in [0.4, 0.5) is 5.69 Å². The molecule has 7 nitrogen and oxygen atoms in total. The first-order chi connectivity index (χ1) is 13.0. The maximum Gasteiger partial charge on any atom is 0.342 e. The number of aromatic nitrogens is 1. The number of nitrogens with zero attached hydrogens (tertiary/aromatic N) is 2. The minimum Gasteiger partial charge on any atom is -0.457 e. The van der Waals surface area contributed by atoms with Crippen LogP contribution in [0.15, 0.2) is 66.9 Å². The second-order valence-electron chi connectivity index (χ2n) is 5.42. The SMILES string of the molecule is O=C(OCc1ccc(Cl)nc1)c1cc([N+](=O)[O-])ccc1Oc1ccccc1. The molecule has 27 heavy (non-hydrogen) atoms. The number of pyridine rings is 1. The maximum atomic E-state index is 12.5. The highest BCUT2D eigenvalue weighted by atomic mass is 35.5. The number of carbonyl (C=O) groups excluding carboxylic acids is 1. The van der Waals surface area contributed by atoms with Crippen LogP contribution < -0.4 is 4.74 Å². The number of hydrogen-bond donors (Lipinski definition) is 0. The fourth-order valence-electron chi connectivity index (χ4n) is 2.21. The molecule has 0 saturated heterocycles. The van der Waals surface area contributed by atoms with Crippen molar-refractivity contribution >= 4 is 23.3 Å². The van der Waals surface area contributed by atoms with Crippen molar-refractivity contribution in [3.05, 3.63) is 93.3 Å². The standard InChI is InChI=1S/C19H13ClN2O5/c20-18-9-6-13(11-21-18)12-26-19(23)16-10-14(22(24)25)7-8-17(16)27-15-4-2-1-3-5-15/h1-11H,12H2. The van der Waals surface area contributed by atoms with Gasteiger partial charge in [0.1, 0.15) is 28.8 Å². The monoisotopic (exact) mass is 384 g/mol. The number of para-hydroxylation sites is 1. The quantitative estimate of drug-likeness (QED) is 0.262. The number of hydrogen-bond acceptors (Lipinski definition) is 6. The molecular formula is C19H13ClN2O5. The summed E-state index contributed by atoms with van der Waals surface area (Å²) in [5.74, 6) is -0.104. The zero-order valence-corrected chi connectivity index (χ0v) is 14.6. The lowest BCUT2D eigenvalue weighted by molar-refractivity contribution is -0.384. The van der Waals surface area contributed by atoms with Gasteiger partial charge in [0.25, 0.3) is 5.69 Å². The second-order valence-corrected chi connectivity index (χ2v) is 5.81. The lowest BCUT2D eigenvalue weighted by Crippen LogP contribution is -2.08. The van der Waals surface area contributed by atoms with Crippen LogP contribution in [0.3, 0.4) is 0 Å². The zero-order chi connectivity index (χ0) is 19.2. The van der Waals surface area contributed by atoms with Gasteiger partial charge in [0.05, 0.1) is 4.92 Å². The predicted molar refractivity (Wildman–Crippen MR) is 98.0 cm³/mol. The second kappa shape index (κ2) is 8.29. The number of halogens is 1. The Kier molecular flexibility index (Phi) is 5.63. The minimum absolute atomic E-state index is 0.0463. The highest BCUT2D eigenvalue weighted by molar-refractivity contribution is 6.29. The van der Waals surface area contributed by atoms with Crippen LogP contribution in [-0.2, 0) is 11.3 Å². The van der Waals surface area contributed by atoms with Crippen LogP contribution in [0.1, 0.15) is 15.9 Å². The van der Waals surface area contributed by atoms with E-state index in [-0.39, 0.29) is 23.6 Å². The third kappa shape index (κ3) is 4.80. The average molecular weight is 385 g/mol. The Bertz CT molecular complexity index is 962. The van der Waals surface area contributed by atoms with E-state index in [9.17, 15) is 14.9 Å². The lowest BCUT2D eigenvalue weighted by Gasteiger charge is -2.11. The van der Waals surface area contributed by atoms with E-state index in [4.69, 9.17) is 21.1 Å². The van der Waals surface area contributed by atoms with E-state index in [1.807, 2.05) is 6.07 Å². The molecule has 0 bridgehead atoms. The zero-order valence-electron chi connectivity index (χ0n) is 13.9. The Morgan fingerprint density at radius 3 is 2.56 bits per heavy atom. The van der Waals surface area contributed by atoms with Gasteiger partial charge in [-0.15, -0.1) is 0 Å². The largest absolute Gasteiger partial charge is 0.457 e. The fraction of sp³-hybridized carbons (Fsp3) is 0.0526. The van der Waals surface area contributed by atoms with Gasteiger partial charge in [-0.2, -0.15) is 0 Å². The number of benzene rings is 2. The highest BCUT2D eigenvalue weighted by Gasteiger charge is 2.20. The van der Waals surface area contributed by atoms with Crippen LogP contribution in [0.2, 0.25) is 5.15 Å². The first-order valence-electron chi connectivity index (χ1n) is 7.82. The van der Waals surface area contributed by atoms with Crippen molar-refractivity contribution in [2.75, 3.05) is 0 Å². The number of rotatable bonds is 6. The molecule has 3 rings (SSSR count). The van der Waals surface area contributed by atoms with E-state index in [0.717, 1.165) is 6.07 Å². The lowest BCUT2D eigenvalue weighted by atomic mass is 10.1. The molecule has 0 unspecified atom stereocenters. The van der Waals surface area contributed by atoms with Gasteiger partial charge in [-0.05, 0) is 24.3 Å². The topological polar surface area (TPSA) is 91.6 Å². The first kappa shape index (κ1) is 18.3. The van der Waals surface area contributed by atoms with Gasteiger partial charge in [-0.1, -0.05) is 35.9 Å². The predicted octanol–water partition coefficient (Wildman–Crippen LogP) is 4.79. The molecule has 0 aliphatic rings. The van der Waals surface area contributed by atoms with Crippen LogP contribution >= 0.6 is 11.6 Å². The third-order valence-corrected chi connectivity index (χ3v) is 3.75. The van der Waals surface area contributed by atoms with Crippen molar-refractivity contribution in [3.63, 3.8) is 0 Å². The summed E-state index contributed by atoms with van der Waals surface area (Å²) in [4.78, 5) is 26.9. The van der Waals surface area contributed by atoms with Gasteiger partial charge in [0.15, 0.2) is 0 Å².